The van der Waals surface area contributed by atoms with Crippen molar-refractivity contribution in [2.45, 2.75) is 6.42 Å². The summed E-state index contributed by atoms with van der Waals surface area (Å²) in [6.07, 6.45) is 0.426. The molecule has 0 bridgehead atoms. The highest BCUT2D eigenvalue weighted by Gasteiger charge is 2.07. The van der Waals surface area contributed by atoms with Crippen LogP contribution in [0, 0.1) is 5.82 Å². The van der Waals surface area contributed by atoms with Crippen molar-refractivity contribution < 1.29 is 9.13 Å². The van der Waals surface area contributed by atoms with E-state index in [2.05, 4.69) is 15.3 Å². The third-order valence-electron chi connectivity index (χ3n) is 2.60. The number of halogens is 3. The fourth-order valence-electron chi connectivity index (χ4n) is 1.67. The summed E-state index contributed by atoms with van der Waals surface area (Å²) in [6.45, 7) is 0.456. The molecule has 106 valence electrons. The van der Waals surface area contributed by atoms with E-state index < -0.39 is 0 Å². The average molecular weight is 316 g/mol. The Morgan fingerprint density at radius 3 is 2.80 bits per heavy atom. The number of benzene rings is 1. The molecule has 0 aliphatic carbocycles. The van der Waals surface area contributed by atoms with E-state index in [1.807, 2.05) is 0 Å². The molecule has 0 amide bonds. The van der Waals surface area contributed by atoms with Gasteiger partial charge in [-0.15, -0.1) is 0 Å². The minimum Gasteiger partial charge on any atom is -0.467 e. The fourth-order valence-corrected chi connectivity index (χ4v) is 2.10. The number of hydrogen-bond donors (Lipinski definition) is 1. The van der Waals surface area contributed by atoms with Gasteiger partial charge < -0.3 is 10.1 Å². The molecule has 0 spiro atoms. The van der Waals surface area contributed by atoms with Crippen molar-refractivity contribution in [3.8, 4) is 6.01 Å². The van der Waals surface area contributed by atoms with Crippen LogP contribution in [0.5, 0.6) is 6.01 Å². The van der Waals surface area contributed by atoms with Gasteiger partial charge in [-0.25, -0.2) is 4.39 Å². The molecule has 1 aromatic heterocycles. The molecule has 7 heteroatoms. The zero-order chi connectivity index (χ0) is 14.5. The molecule has 0 unspecified atom stereocenters. The lowest BCUT2D eigenvalue weighted by Crippen LogP contribution is -2.08. The fraction of sp³-hybridized carbons (Fsp3) is 0.231. The van der Waals surface area contributed by atoms with Crippen molar-refractivity contribution in [1.29, 1.82) is 0 Å². The zero-order valence-corrected chi connectivity index (χ0v) is 12.2. The standard InChI is InChI=1S/C13H12Cl2FN3O/c1-20-13-18-11(15)7-12(19-13)17-6-5-8-9(14)3-2-4-10(8)16/h2-4,7H,5-6H2,1H3,(H,17,18,19). The van der Waals surface area contributed by atoms with Gasteiger partial charge in [0.2, 0.25) is 0 Å². The maximum absolute atomic E-state index is 13.6. The highest BCUT2D eigenvalue weighted by Crippen LogP contribution is 2.20. The van der Waals surface area contributed by atoms with E-state index in [9.17, 15) is 4.39 Å². The van der Waals surface area contributed by atoms with Crippen molar-refractivity contribution in [1.82, 2.24) is 9.97 Å². The smallest absolute Gasteiger partial charge is 0.319 e. The van der Waals surface area contributed by atoms with E-state index in [0.29, 0.717) is 29.4 Å². The van der Waals surface area contributed by atoms with E-state index in [4.69, 9.17) is 27.9 Å². The molecule has 1 aromatic carbocycles. The summed E-state index contributed by atoms with van der Waals surface area (Å²) in [7, 11) is 1.45. The number of methoxy groups -OCH3 is 1. The first kappa shape index (κ1) is 14.8. The number of rotatable bonds is 5. The molecule has 4 nitrogen and oxygen atoms in total. The van der Waals surface area contributed by atoms with Crippen LogP contribution in [0.3, 0.4) is 0 Å². The number of anilines is 1. The summed E-state index contributed by atoms with van der Waals surface area (Å²) < 4.78 is 18.5. The maximum atomic E-state index is 13.6. The van der Waals surface area contributed by atoms with Gasteiger partial charge in [0.25, 0.3) is 0 Å². The molecular formula is C13H12Cl2FN3O. The summed E-state index contributed by atoms with van der Waals surface area (Å²) in [5, 5.41) is 3.70. The predicted molar refractivity (Wildman–Crippen MR) is 77.2 cm³/mol. The average Bonchev–Trinajstić information content (AvgIpc) is 2.41. The molecule has 0 aliphatic heterocycles. The van der Waals surface area contributed by atoms with Gasteiger partial charge in [0, 0.05) is 23.2 Å². The molecule has 1 heterocycles. The lowest BCUT2D eigenvalue weighted by Gasteiger charge is -2.09. The lowest BCUT2D eigenvalue weighted by molar-refractivity contribution is 0.380. The second-order valence-electron chi connectivity index (χ2n) is 3.94. The normalized spacial score (nSPS) is 10.4. The van der Waals surface area contributed by atoms with Gasteiger partial charge in [-0.05, 0) is 18.6 Å². The number of ether oxygens (including phenoxy) is 1. The van der Waals surface area contributed by atoms with Crippen molar-refractivity contribution in [3.05, 3.63) is 45.8 Å². The van der Waals surface area contributed by atoms with Gasteiger partial charge >= 0.3 is 6.01 Å². The summed E-state index contributed by atoms with van der Waals surface area (Å²) in [5.74, 6) is 0.187. The first-order chi connectivity index (χ1) is 9.60. The monoisotopic (exact) mass is 315 g/mol. The van der Waals surface area contributed by atoms with Gasteiger partial charge in [-0.1, -0.05) is 29.3 Å². The Morgan fingerprint density at radius 2 is 2.10 bits per heavy atom. The minimum absolute atomic E-state index is 0.170. The van der Waals surface area contributed by atoms with E-state index in [1.54, 1.807) is 18.2 Å². The summed E-state index contributed by atoms with van der Waals surface area (Å²) in [6, 6.07) is 6.34. The van der Waals surface area contributed by atoms with Crippen molar-refractivity contribution in [3.63, 3.8) is 0 Å². The van der Waals surface area contributed by atoms with Gasteiger partial charge in [0.1, 0.15) is 16.8 Å². The van der Waals surface area contributed by atoms with Crippen LogP contribution in [0.25, 0.3) is 0 Å². The Labute approximate surface area is 125 Å². The highest BCUT2D eigenvalue weighted by atomic mass is 35.5. The first-order valence-corrected chi connectivity index (χ1v) is 6.61. The Balaban J connectivity index is 2.01. The van der Waals surface area contributed by atoms with E-state index >= 15 is 0 Å². The molecule has 2 aromatic rings. The Hall–Kier alpha value is -1.59. The largest absolute Gasteiger partial charge is 0.467 e. The van der Waals surface area contributed by atoms with E-state index in [-0.39, 0.29) is 17.0 Å². The molecule has 0 aliphatic rings. The van der Waals surface area contributed by atoms with Gasteiger partial charge in [0.05, 0.1) is 7.11 Å². The lowest BCUT2D eigenvalue weighted by atomic mass is 10.1. The molecule has 0 radical (unpaired) electrons. The van der Waals surface area contributed by atoms with Gasteiger partial charge in [-0.3, -0.25) is 0 Å². The Kier molecular flexibility index (Phi) is 4.98. The molecule has 1 N–H and O–H groups in total. The SMILES string of the molecule is COc1nc(Cl)cc(NCCc2c(F)cccc2Cl)n1. The molecule has 0 saturated heterocycles. The molecule has 0 saturated carbocycles. The number of aromatic nitrogens is 2. The van der Waals surface area contributed by atoms with E-state index in [0.717, 1.165) is 0 Å². The van der Waals surface area contributed by atoms with Crippen LogP contribution in [0.2, 0.25) is 10.2 Å². The van der Waals surface area contributed by atoms with Crippen LogP contribution < -0.4 is 10.1 Å². The van der Waals surface area contributed by atoms with E-state index in [1.165, 1.54) is 13.2 Å². The van der Waals surface area contributed by atoms with Crippen LogP contribution in [0.15, 0.2) is 24.3 Å². The summed E-state index contributed by atoms with van der Waals surface area (Å²) in [5.41, 5.74) is 0.466. The van der Waals surface area contributed by atoms with Gasteiger partial charge in [0.15, 0.2) is 0 Å². The van der Waals surface area contributed by atoms with Crippen molar-refractivity contribution in [2.24, 2.45) is 0 Å². The van der Waals surface area contributed by atoms with Crippen molar-refractivity contribution in [2.75, 3.05) is 19.0 Å². The maximum Gasteiger partial charge on any atom is 0.319 e. The quantitative estimate of drug-likeness (QED) is 0.857. The molecule has 0 fully saturated rings. The minimum atomic E-state index is -0.322. The molecule has 20 heavy (non-hydrogen) atoms. The number of nitrogens with one attached hydrogen (secondary N) is 1. The third-order valence-corrected chi connectivity index (χ3v) is 3.15. The molecule has 2 rings (SSSR count). The third kappa shape index (κ3) is 3.71. The van der Waals surface area contributed by atoms with Crippen LogP contribution in [0.1, 0.15) is 5.56 Å². The van der Waals surface area contributed by atoms with Crippen LogP contribution in [-0.2, 0) is 6.42 Å². The van der Waals surface area contributed by atoms with Crippen molar-refractivity contribution >= 4 is 29.0 Å². The summed E-state index contributed by atoms with van der Waals surface area (Å²) in [4.78, 5) is 7.93. The number of hydrogen-bond acceptors (Lipinski definition) is 4. The van der Waals surface area contributed by atoms with Crippen LogP contribution in [-0.4, -0.2) is 23.6 Å². The van der Waals surface area contributed by atoms with Gasteiger partial charge in [-0.2, -0.15) is 9.97 Å². The second-order valence-corrected chi connectivity index (χ2v) is 4.73. The first-order valence-electron chi connectivity index (χ1n) is 5.85. The highest BCUT2D eigenvalue weighted by molar-refractivity contribution is 6.31. The van der Waals surface area contributed by atoms with Crippen LogP contribution >= 0.6 is 23.2 Å². The Morgan fingerprint density at radius 1 is 1.30 bits per heavy atom. The topological polar surface area (TPSA) is 47.0 Å². The summed E-state index contributed by atoms with van der Waals surface area (Å²) >= 11 is 11.8. The molecule has 0 atom stereocenters. The predicted octanol–water partition coefficient (Wildman–Crippen LogP) is 3.59. The molecular weight excluding hydrogens is 304 g/mol. The van der Waals surface area contributed by atoms with Crippen LogP contribution in [0.4, 0.5) is 10.2 Å². The second kappa shape index (κ2) is 6.72. The number of nitrogens with zero attached hydrogens (tertiary/aromatic N) is 2. The Bertz CT molecular complexity index is 590. The zero-order valence-electron chi connectivity index (χ0n) is 10.7.